The van der Waals surface area contributed by atoms with Gasteiger partial charge in [-0.05, 0) is 19.3 Å². The highest BCUT2D eigenvalue weighted by Gasteiger charge is 2.23. The SMILES string of the molecule is CCCOC(=O)C(COCC)C(C)C. The summed E-state index contributed by atoms with van der Waals surface area (Å²) in [5.74, 6) is 0.0164. The monoisotopic (exact) mass is 202 g/mol. The third kappa shape index (κ3) is 5.22. The second kappa shape index (κ2) is 7.80. The van der Waals surface area contributed by atoms with Crippen LogP contribution in [0.3, 0.4) is 0 Å². The minimum Gasteiger partial charge on any atom is -0.465 e. The fourth-order valence-corrected chi connectivity index (χ4v) is 1.09. The van der Waals surface area contributed by atoms with Crippen LogP contribution in [-0.4, -0.2) is 25.8 Å². The first-order valence-corrected chi connectivity index (χ1v) is 5.37. The molecule has 0 radical (unpaired) electrons. The van der Waals surface area contributed by atoms with Gasteiger partial charge < -0.3 is 9.47 Å². The van der Waals surface area contributed by atoms with Crippen LogP contribution >= 0.6 is 0 Å². The first-order chi connectivity index (χ1) is 6.63. The molecular formula is C11H22O3. The molecule has 0 aromatic rings. The molecule has 0 saturated carbocycles. The first-order valence-electron chi connectivity index (χ1n) is 5.37. The van der Waals surface area contributed by atoms with E-state index in [1.165, 1.54) is 0 Å². The van der Waals surface area contributed by atoms with Crippen LogP contribution in [0.2, 0.25) is 0 Å². The highest BCUT2D eigenvalue weighted by atomic mass is 16.5. The molecule has 0 rings (SSSR count). The van der Waals surface area contributed by atoms with Gasteiger partial charge in [0.05, 0.1) is 19.1 Å². The fourth-order valence-electron chi connectivity index (χ4n) is 1.09. The van der Waals surface area contributed by atoms with Crippen LogP contribution in [0, 0.1) is 11.8 Å². The van der Waals surface area contributed by atoms with E-state index in [0.29, 0.717) is 19.8 Å². The molecule has 1 atom stereocenters. The second-order valence-electron chi connectivity index (χ2n) is 3.68. The number of carbonyl (C=O) groups is 1. The van der Waals surface area contributed by atoms with E-state index in [4.69, 9.17) is 9.47 Å². The molecule has 1 unspecified atom stereocenters. The molecule has 0 heterocycles. The topological polar surface area (TPSA) is 35.5 Å². The third-order valence-corrected chi connectivity index (χ3v) is 2.06. The Morgan fingerprint density at radius 1 is 1.29 bits per heavy atom. The van der Waals surface area contributed by atoms with Gasteiger partial charge in [0.1, 0.15) is 0 Å². The van der Waals surface area contributed by atoms with Crippen molar-refractivity contribution in [2.45, 2.75) is 34.1 Å². The lowest BCUT2D eigenvalue weighted by molar-refractivity contribution is -0.152. The Labute approximate surface area is 86.8 Å². The summed E-state index contributed by atoms with van der Waals surface area (Å²) in [6, 6.07) is 0. The van der Waals surface area contributed by atoms with Crippen molar-refractivity contribution in [2.24, 2.45) is 11.8 Å². The third-order valence-electron chi connectivity index (χ3n) is 2.06. The number of hydrogen-bond acceptors (Lipinski definition) is 3. The van der Waals surface area contributed by atoms with Crippen molar-refractivity contribution < 1.29 is 14.3 Å². The molecule has 0 amide bonds. The largest absolute Gasteiger partial charge is 0.465 e. The van der Waals surface area contributed by atoms with E-state index >= 15 is 0 Å². The van der Waals surface area contributed by atoms with Crippen LogP contribution in [0.4, 0.5) is 0 Å². The van der Waals surface area contributed by atoms with Crippen molar-refractivity contribution in [2.75, 3.05) is 19.8 Å². The van der Waals surface area contributed by atoms with Gasteiger partial charge in [-0.2, -0.15) is 0 Å². The minimum absolute atomic E-state index is 0.124. The minimum atomic E-state index is -0.129. The zero-order valence-electron chi connectivity index (χ0n) is 9.71. The van der Waals surface area contributed by atoms with Gasteiger partial charge in [-0.25, -0.2) is 0 Å². The number of esters is 1. The molecule has 0 N–H and O–H groups in total. The van der Waals surface area contributed by atoms with Crippen LogP contribution in [0.15, 0.2) is 0 Å². The highest BCUT2D eigenvalue weighted by Crippen LogP contribution is 2.13. The van der Waals surface area contributed by atoms with Crippen molar-refractivity contribution in [3.8, 4) is 0 Å². The Kier molecular flexibility index (Phi) is 7.48. The number of hydrogen-bond donors (Lipinski definition) is 0. The number of carbonyl (C=O) groups excluding carboxylic acids is 1. The summed E-state index contributed by atoms with van der Waals surface area (Å²) in [5.41, 5.74) is 0. The van der Waals surface area contributed by atoms with E-state index in [9.17, 15) is 4.79 Å². The van der Waals surface area contributed by atoms with Crippen molar-refractivity contribution in [1.82, 2.24) is 0 Å². The summed E-state index contributed by atoms with van der Waals surface area (Å²) in [6.07, 6.45) is 0.866. The lowest BCUT2D eigenvalue weighted by atomic mass is 9.97. The quantitative estimate of drug-likeness (QED) is 0.594. The van der Waals surface area contributed by atoms with Gasteiger partial charge in [0.2, 0.25) is 0 Å². The number of ether oxygens (including phenoxy) is 2. The van der Waals surface area contributed by atoms with E-state index in [1.807, 2.05) is 27.7 Å². The smallest absolute Gasteiger partial charge is 0.311 e. The molecule has 3 nitrogen and oxygen atoms in total. The van der Waals surface area contributed by atoms with Crippen molar-refractivity contribution in [1.29, 1.82) is 0 Å². The molecule has 3 heteroatoms. The summed E-state index contributed by atoms with van der Waals surface area (Å²) >= 11 is 0. The molecule has 0 aliphatic carbocycles. The molecule has 0 spiro atoms. The highest BCUT2D eigenvalue weighted by molar-refractivity contribution is 5.72. The van der Waals surface area contributed by atoms with Crippen LogP contribution in [0.1, 0.15) is 34.1 Å². The fraction of sp³-hybridized carbons (Fsp3) is 0.909. The van der Waals surface area contributed by atoms with Gasteiger partial charge in [0.25, 0.3) is 0 Å². The maximum Gasteiger partial charge on any atom is 0.311 e. The maximum atomic E-state index is 11.5. The normalized spacial score (nSPS) is 12.9. The molecule has 0 aliphatic heterocycles. The van der Waals surface area contributed by atoms with Crippen molar-refractivity contribution in [3.05, 3.63) is 0 Å². The predicted octanol–water partition coefficient (Wildman–Crippen LogP) is 2.25. The zero-order chi connectivity index (χ0) is 11.0. The summed E-state index contributed by atoms with van der Waals surface area (Å²) in [5, 5.41) is 0. The van der Waals surface area contributed by atoms with Crippen LogP contribution < -0.4 is 0 Å². The van der Waals surface area contributed by atoms with Crippen LogP contribution in [-0.2, 0) is 14.3 Å². The molecule has 0 saturated heterocycles. The Morgan fingerprint density at radius 2 is 1.93 bits per heavy atom. The molecular weight excluding hydrogens is 180 g/mol. The standard InChI is InChI=1S/C11H22O3/c1-5-7-14-11(12)10(9(3)4)8-13-6-2/h9-10H,5-8H2,1-4H3. The summed E-state index contributed by atoms with van der Waals surface area (Å²) in [6.45, 7) is 9.55. The van der Waals surface area contributed by atoms with E-state index in [-0.39, 0.29) is 17.8 Å². The molecule has 0 aromatic heterocycles. The van der Waals surface area contributed by atoms with E-state index in [1.54, 1.807) is 0 Å². The van der Waals surface area contributed by atoms with Gasteiger partial charge >= 0.3 is 5.97 Å². The number of rotatable bonds is 7. The predicted molar refractivity (Wildman–Crippen MR) is 56.1 cm³/mol. The van der Waals surface area contributed by atoms with Crippen LogP contribution in [0.5, 0.6) is 0 Å². The molecule has 84 valence electrons. The molecule has 0 aromatic carbocycles. The Hall–Kier alpha value is -0.570. The average Bonchev–Trinajstić information content (AvgIpc) is 2.14. The van der Waals surface area contributed by atoms with Gasteiger partial charge in [-0.3, -0.25) is 4.79 Å². The second-order valence-corrected chi connectivity index (χ2v) is 3.68. The lowest BCUT2D eigenvalue weighted by Gasteiger charge is -2.18. The van der Waals surface area contributed by atoms with E-state index < -0.39 is 0 Å². The van der Waals surface area contributed by atoms with Crippen LogP contribution in [0.25, 0.3) is 0 Å². The summed E-state index contributed by atoms with van der Waals surface area (Å²) < 4.78 is 10.3. The van der Waals surface area contributed by atoms with E-state index in [0.717, 1.165) is 6.42 Å². The Bertz CT molecular complexity index is 155. The average molecular weight is 202 g/mol. The molecule has 14 heavy (non-hydrogen) atoms. The molecule has 0 aliphatic rings. The zero-order valence-corrected chi connectivity index (χ0v) is 9.71. The maximum absolute atomic E-state index is 11.5. The van der Waals surface area contributed by atoms with Crippen molar-refractivity contribution >= 4 is 5.97 Å². The lowest BCUT2D eigenvalue weighted by Crippen LogP contribution is -2.27. The van der Waals surface area contributed by atoms with E-state index in [2.05, 4.69) is 0 Å². The van der Waals surface area contributed by atoms with Gasteiger partial charge in [-0.15, -0.1) is 0 Å². The first kappa shape index (κ1) is 13.4. The summed E-state index contributed by atoms with van der Waals surface area (Å²) in [7, 11) is 0. The molecule has 0 bridgehead atoms. The molecule has 0 fully saturated rings. The summed E-state index contributed by atoms with van der Waals surface area (Å²) in [4.78, 5) is 11.5. The van der Waals surface area contributed by atoms with Gasteiger partial charge in [-0.1, -0.05) is 20.8 Å². The Morgan fingerprint density at radius 3 is 2.36 bits per heavy atom. The van der Waals surface area contributed by atoms with Crippen molar-refractivity contribution in [3.63, 3.8) is 0 Å². The van der Waals surface area contributed by atoms with Gasteiger partial charge in [0.15, 0.2) is 0 Å². The Balaban J connectivity index is 3.98. The van der Waals surface area contributed by atoms with Gasteiger partial charge in [0, 0.05) is 6.61 Å².